The minimum Gasteiger partial charge on any atom is -0.349 e. The van der Waals surface area contributed by atoms with E-state index in [0.717, 1.165) is 25.1 Å². The fourth-order valence-corrected chi connectivity index (χ4v) is 4.22. The summed E-state index contributed by atoms with van der Waals surface area (Å²) in [6.07, 6.45) is -10.6. The summed E-state index contributed by atoms with van der Waals surface area (Å²) < 4.78 is 398. The topological polar surface area (TPSA) is 58.5 Å². The molecule has 1 unspecified atom stereocenters. The van der Waals surface area contributed by atoms with Crippen LogP contribution in [0.15, 0.2) is 23.2 Å². The first-order valence-corrected chi connectivity index (χ1v) is 14.0. The summed E-state index contributed by atoms with van der Waals surface area (Å²) in [7, 11) is 0. The first-order chi connectivity index (χ1) is 25.5. The van der Waals surface area contributed by atoms with Gasteiger partial charge in [-0.1, -0.05) is 6.07 Å². The third kappa shape index (κ3) is 7.25. The van der Waals surface area contributed by atoms with Crippen LogP contribution >= 0.6 is 0 Å². The summed E-state index contributed by atoms with van der Waals surface area (Å²) in [6.45, 7) is 1.11. The summed E-state index contributed by atoms with van der Waals surface area (Å²) >= 11 is 0. The highest BCUT2D eigenvalue weighted by Crippen LogP contribution is 2.69. The zero-order valence-corrected chi connectivity index (χ0v) is 27.2. The van der Waals surface area contributed by atoms with E-state index in [1.54, 1.807) is 0 Å². The number of rotatable bonds is 17. The number of isocyanates is 1. The van der Waals surface area contributed by atoms with E-state index in [4.69, 9.17) is 0 Å². The molecule has 0 fully saturated rings. The van der Waals surface area contributed by atoms with Crippen molar-refractivity contribution in [2.75, 3.05) is 0 Å². The lowest BCUT2D eigenvalue weighted by molar-refractivity contribution is -0.487. The predicted octanol–water partition coefficient (Wildman–Crippen LogP) is 11.3. The Bertz CT molecular complexity index is 1770. The second-order valence-electron chi connectivity index (χ2n) is 11.9. The molecule has 0 aliphatic carbocycles. The molecule has 33 heteroatoms. The molecule has 4 nitrogen and oxygen atoms in total. The van der Waals surface area contributed by atoms with Crippen LogP contribution in [0.2, 0.25) is 0 Å². The van der Waals surface area contributed by atoms with Crippen LogP contribution in [0.4, 0.5) is 133 Å². The summed E-state index contributed by atoms with van der Waals surface area (Å²) in [6, 6.07) is -0.284. The minimum atomic E-state index is -9.99. The van der Waals surface area contributed by atoms with Gasteiger partial charge in [-0.3, -0.25) is 4.79 Å². The molecule has 1 amide bonds. The molecule has 0 aromatic heterocycles. The Morgan fingerprint density at radius 1 is 0.525 bits per heavy atom. The van der Waals surface area contributed by atoms with E-state index >= 15 is 0 Å². The van der Waals surface area contributed by atoms with Crippen LogP contribution in [0.1, 0.15) is 29.3 Å². The van der Waals surface area contributed by atoms with Gasteiger partial charge >= 0.3 is 83.2 Å². The van der Waals surface area contributed by atoms with Gasteiger partial charge in [-0.25, -0.2) is 4.79 Å². The molecule has 1 N–H and O–H groups in total. The maximum atomic E-state index is 14.4. The highest BCUT2D eigenvalue weighted by Gasteiger charge is 3.00. The van der Waals surface area contributed by atoms with Crippen molar-refractivity contribution in [2.24, 2.45) is 4.99 Å². The first-order valence-electron chi connectivity index (χ1n) is 14.0. The number of hydrogen-bond donors (Lipinski definition) is 1. The smallest absolute Gasteiger partial charge is 0.349 e. The molecule has 1 aromatic carbocycles. The van der Waals surface area contributed by atoms with Gasteiger partial charge in [0.25, 0.3) is 5.91 Å². The number of carbonyl (C=O) groups is 1. The number of aliphatic imine (C=N–C) groups is 1. The normalized spacial score (nSPS) is 16.1. The van der Waals surface area contributed by atoms with Gasteiger partial charge in [0.1, 0.15) is 0 Å². The number of hydrogen-bond acceptors (Lipinski definition) is 3. The monoisotopic (exact) mass is 936 g/mol. The number of amides is 1. The fraction of sp³-hybridized carbons (Fsp3) is 0.692. The third-order valence-corrected chi connectivity index (χ3v) is 7.73. The first kappa shape index (κ1) is 53.1. The maximum Gasteiger partial charge on any atom is 0.460 e. The fourth-order valence-electron chi connectivity index (χ4n) is 4.22. The molecule has 1 aromatic rings. The largest absolute Gasteiger partial charge is 0.460 e. The van der Waals surface area contributed by atoms with Gasteiger partial charge in [0.15, 0.2) is 0 Å². The van der Waals surface area contributed by atoms with E-state index in [9.17, 15) is 137 Å². The molecule has 59 heavy (non-hydrogen) atoms. The molecule has 0 aliphatic heterocycles. The molecule has 0 spiro atoms. The van der Waals surface area contributed by atoms with Gasteiger partial charge in [-0.15, -0.1) is 0 Å². The van der Waals surface area contributed by atoms with Gasteiger partial charge < -0.3 is 5.32 Å². The molecule has 1 atom stereocenters. The van der Waals surface area contributed by atoms with Gasteiger partial charge in [-0.05, 0) is 31.5 Å². The Morgan fingerprint density at radius 3 is 1.10 bits per heavy atom. The third-order valence-electron chi connectivity index (χ3n) is 7.73. The average Bonchev–Trinajstić information content (AvgIpc) is 3.03. The zero-order valence-electron chi connectivity index (χ0n) is 27.2. The van der Waals surface area contributed by atoms with Crippen molar-refractivity contribution in [1.82, 2.24) is 5.32 Å². The van der Waals surface area contributed by atoms with E-state index in [1.165, 1.54) is 5.32 Å². The van der Waals surface area contributed by atoms with Crippen LogP contribution in [0.5, 0.6) is 0 Å². The number of aryl methyl sites for hydroxylation is 1. The van der Waals surface area contributed by atoms with Gasteiger partial charge in [-0.2, -0.15) is 132 Å². The molecule has 342 valence electrons. The van der Waals surface area contributed by atoms with Crippen LogP contribution in [0, 0.1) is 6.92 Å². The quantitative estimate of drug-likeness (QED) is 0.0961. The van der Waals surface area contributed by atoms with E-state index < -0.39 is 113 Å². The predicted molar refractivity (Wildman–Crippen MR) is 131 cm³/mol. The van der Waals surface area contributed by atoms with Crippen molar-refractivity contribution in [3.8, 4) is 0 Å². The van der Waals surface area contributed by atoms with Crippen LogP contribution < -0.4 is 5.32 Å². The zero-order chi connectivity index (χ0) is 47.8. The molecule has 0 heterocycles. The van der Waals surface area contributed by atoms with Crippen molar-refractivity contribution >= 4 is 17.7 Å². The summed E-state index contributed by atoms with van der Waals surface area (Å²) in [4.78, 5) is 25.7. The van der Waals surface area contributed by atoms with Gasteiger partial charge in [0, 0.05) is 18.0 Å². The number of nitrogens with one attached hydrogen (secondary N) is 1. The number of benzene rings is 1. The molecular weight excluding hydrogens is 923 g/mol. The average molecular weight is 936 g/mol. The van der Waals surface area contributed by atoms with E-state index in [0.29, 0.717) is 6.07 Å². The summed E-state index contributed by atoms with van der Waals surface area (Å²) in [5, 5.41) is 1.27. The Hall–Kier alpha value is -3.96. The Labute approximate surface area is 304 Å². The van der Waals surface area contributed by atoms with Gasteiger partial charge in [0.2, 0.25) is 6.08 Å². The standard InChI is InChI=1S/C26H13F29N2O2/c1-8-3-4-10(56-7-58)5-11(8)12(59)57-9(2)6-13(27,28)14(29,30)15(31,32)16(33,34)17(35,36)18(37,38)19(39,40)20(41,42)21(43,44)22(45,46)23(47,48)24(49,50)25(51,52)26(53,54)55/h3-5,9H,6H2,1-2H3,(H,57,59). The summed E-state index contributed by atoms with van der Waals surface area (Å²) in [5.41, 5.74) is -1.39. The molecule has 0 aliphatic rings. The lowest BCUT2D eigenvalue weighted by Crippen LogP contribution is -2.79. The lowest BCUT2D eigenvalue weighted by Gasteiger charge is -2.46. The highest BCUT2D eigenvalue weighted by atomic mass is 19.4. The molecule has 1 rings (SSSR count). The van der Waals surface area contributed by atoms with E-state index in [2.05, 4.69) is 4.99 Å². The van der Waals surface area contributed by atoms with E-state index in [1.807, 2.05) is 0 Å². The Morgan fingerprint density at radius 2 is 0.814 bits per heavy atom. The number of alkyl halides is 29. The van der Waals surface area contributed by atoms with Crippen LogP contribution in [0.3, 0.4) is 0 Å². The molecular formula is C26H13F29N2O2. The second kappa shape index (κ2) is 14.6. The van der Waals surface area contributed by atoms with Gasteiger partial charge in [0.05, 0.1) is 5.69 Å². The van der Waals surface area contributed by atoms with Crippen molar-refractivity contribution in [1.29, 1.82) is 0 Å². The van der Waals surface area contributed by atoms with Crippen molar-refractivity contribution < 1.29 is 137 Å². The van der Waals surface area contributed by atoms with Crippen LogP contribution in [-0.4, -0.2) is 101 Å². The Kier molecular flexibility index (Phi) is 13.1. The van der Waals surface area contributed by atoms with Crippen LogP contribution in [0.25, 0.3) is 0 Å². The number of carbonyl (C=O) groups excluding carboxylic acids is 2. The SMILES string of the molecule is Cc1ccc(N=C=O)cc1C(=O)NC(C)CC(F)(F)C(F)(F)C(F)(F)C(F)(F)C(F)(F)C(F)(F)C(F)(F)C(F)(F)C(F)(F)C(F)(F)C(F)(F)C(F)(F)C(F)(F)C(F)(F)F. The van der Waals surface area contributed by atoms with Crippen molar-refractivity contribution in [2.45, 2.75) is 109 Å². The molecule has 0 radical (unpaired) electrons. The number of nitrogens with zero attached hydrogens (tertiary/aromatic N) is 1. The molecule has 0 saturated heterocycles. The Balaban J connectivity index is 3.80. The molecule has 0 saturated carbocycles. The molecule has 0 bridgehead atoms. The second-order valence-corrected chi connectivity index (χ2v) is 11.9. The van der Waals surface area contributed by atoms with Crippen LogP contribution in [-0.2, 0) is 4.79 Å². The minimum absolute atomic E-state index is 0.0892. The van der Waals surface area contributed by atoms with Crippen molar-refractivity contribution in [3.05, 3.63) is 29.3 Å². The van der Waals surface area contributed by atoms with E-state index in [-0.39, 0.29) is 12.5 Å². The number of halogens is 29. The lowest BCUT2D eigenvalue weighted by atomic mass is 9.83. The summed E-state index contributed by atoms with van der Waals surface area (Å²) in [5.74, 6) is -123. The maximum absolute atomic E-state index is 14.4. The van der Waals surface area contributed by atoms with Crippen molar-refractivity contribution in [3.63, 3.8) is 0 Å². The highest BCUT2D eigenvalue weighted by molar-refractivity contribution is 5.96.